The van der Waals surface area contributed by atoms with Crippen LogP contribution in [0.3, 0.4) is 0 Å². The fourth-order valence-electron chi connectivity index (χ4n) is 3.29. The summed E-state index contributed by atoms with van der Waals surface area (Å²) < 4.78 is 11.1. The van der Waals surface area contributed by atoms with Gasteiger partial charge in [-0.15, -0.1) is 0 Å². The minimum atomic E-state index is -0.108. The summed E-state index contributed by atoms with van der Waals surface area (Å²) in [7, 11) is 0. The van der Waals surface area contributed by atoms with Crippen molar-refractivity contribution in [1.82, 2.24) is 20.0 Å². The third kappa shape index (κ3) is 3.71. The standard InChI is InChI=1S/C20H19ClN4O3/c1-13-17(18(24-28-13)15-5-2-3-6-16(15)21)19(26)25-11-7-14(8-12-25)27-20-22-9-4-10-23-20/h2-6,9-10,14H,7-8,11-12H2,1H3. The second-order valence-corrected chi connectivity index (χ2v) is 6.99. The molecule has 7 nitrogen and oxygen atoms in total. The molecule has 1 aliphatic rings. The molecule has 0 radical (unpaired) electrons. The minimum absolute atomic E-state index is 0.0157. The third-order valence-corrected chi connectivity index (χ3v) is 5.08. The molecule has 0 atom stereocenters. The lowest BCUT2D eigenvalue weighted by Gasteiger charge is -2.31. The van der Waals surface area contributed by atoms with Gasteiger partial charge in [0.05, 0.1) is 5.02 Å². The van der Waals surface area contributed by atoms with E-state index in [0.29, 0.717) is 59.5 Å². The van der Waals surface area contributed by atoms with E-state index in [0.717, 1.165) is 0 Å². The summed E-state index contributed by atoms with van der Waals surface area (Å²) in [6.07, 6.45) is 4.68. The number of benzene rings is 1. The normalized spacial score (nSPS) is 14.9. The zero-order chi connectivity index (χ0) is 19.5. The predicted molar refractivity (Wildman–Crippen MR) is 103 cm³/mol. The van der Waals surface area contributed by atoms with Crippen LogP contribution in [-0.4, -0.2) is 45.1 Å². The van der Waals surface area contributed by atoms with E-state index in [9.17, 15) is 4.79 Å². The number of aromatic nitrogens is 3. The number of likely N-dealkylation sites (tertiary alicyclic amines) is 1. The van der Waals surface area contributed by atoms with Crippen molar-refractivity contribution in [2.45, 2.75) is 25.9 Å². The van der Waals surface area contributed by atoms with E-state index >= 15 is 0 Å². The first kappa shape index (κ1) is 18.4. The molecule has 1 aromatic carbocycles. The van der Waals surface area contributed by atoms with Crippen molar-refractivity contribution in [2.75, 3.05) is 13.1 Å². The molecule has 3 heterocycles. The van der Waals surface area contributed by atoms with E-state index in [1.165, 1.54) is 0 Å². The van der Waals surface area contributed by atoms with E-state index in [1.54, 1.807) is 36.4 Å². The monoisotopic (exact) mass is 398 g/mol. The predicted octanol–water partition coefficient (Wildman–Crippen LogP) is 3.78. The highest BCUT2D eigenvalue weighted by molar-refractivity contribution is 6.33. The Hall–Kier alpha value is -2.93. The zero-order valence-electron chi connectivity index (χ0n) is 15.3. The van der Waals surface area contributed by atoms with E-state index < -0.39 is 0 Å². The van der Waals surface area contributed by atoms with Gasteiger partial charge in [0.25, 0.3) is 5.91 Å². The van der Waals surface area contributed by atoms with Gasteiger partial charge in [-0.1, -0.05) is 35.0 Å². The average molecular weight is 399 g/mol. The highest BCUT2D eigenvalue weighted by Crippen LogP contribution is 2.32. The molecule has 1 saturated heterocycles. The second-order valence-electron chi connectivity index (χ2n) is 6.58. The highest BCUT2D eigenvalue weighted by atomic mass is 35.5. The number of ether oxygens (including phenoxy) is 1. The van der Waals surface area contributed by atoms with Gasteiger partial charge < -0.3 is 14.2 Å². The number of amides is 1. The fraction of sp³-hybridized carbons (Fsp3) is 0.300. The van der Waals surface area contributed by atoms with Gasteiger partial charge in [0.1, 0.15) is 23.1 Å². The van der Waals surface area contributed by atoms with Crippen molar-refractivity contribution >= 4 is 17.5 Å². The van der Waals surface area contributed by atoms with Gasteiger partial charge in [0.15, 0.2) is 0 Å². The molecule has 1 amide bonds. The lowest BCUT2D eigenvalue weighted by atomic mass is 10.0. The van der Waals surface area contributed by atoms with Crippen molar-refractivity contribution in [3.8, 4) is 17.3 Å². The minimum Gasteiger partial charge on any atom is -0.460 e. The Labute approximate surface area is 167 Å². The maximum atomic E-state index is 13.2. The number of hydrogen-bond donors (Lipinski definition) is 0. The SMILES string of the molecule is Cc1onc(-c2ccccc2Cl)c1C(=O)N1CCC(Oc2ncccn2)CC1. The van der Waals surface area contributed by atoms with Gasteiger partial charge in [0.2, 0.25) is 0 Å². The Balaban J connectivity index is 1.48. The van der Waals surface area contributed by atoms with E-state index in [-0.39, 0.29) is 12.0 Å². The summed E-state index contributed by atoms with van der Waals surface area (Å²) in [4.78, 5) is 23.1. The Kier molecular flexibility index (Phi) is 5.25. The first-order valence-electron chi connectivity index (χ1n) is 9.07. The summed E-state index contributed by atoms with van der Waals surface area (Å²) in [6, 6.07) is 9.39. The molecule has 2 aromatic heterocycles. The van der Waals surface area contributed by atoms with Crippen molar-refractivity contribution in [2.24, 2.45) is 0 Å². The summed E-state index contributed by atoms with van der Waals surface area (Å²) in [5, 5.41) is 4.61. The molecule has 8 heteroatoms. The maximum Gasteiger partial charge on any atom is 0.316 e. The van der Waals surface area contributed by atoms with Crippen molar-refractivity contribution < 1.29 is 14.1 Å². The van der Waals surface area contributed by atoms with Crippen LogP contribution in [0.25, 0.3) is 11.3 Å². The quantitative estimate of drug-likeness (QED) is 0.665. The molecule has 0 spiro atoms. The van der Waals surface area contributed by atoms with Crippen LogP contribution >= 0.6 is 11.6 Å². The molecule has 0 N–H and O–H groups in total. The Morgan fingerprint density at radius 3 is 2.61 bits per heavy atom. The molecule has 0 aliphatic carbocycles. The van der Waals surface area contributed by atoms with Crippen LogP contribution < -0.4 is 4.74 Å². The van der Waals surface area contributed by atoms with E-state index in [4.69, 9.17) is 20.9 Å². The molecular formula is C20H19ClN4O3. The van der Waals surface area contributed by atoms with Gasteiger partial charge in [-0.2, -0.15) is 0 Å². The van der Waals surface area contributed by atoms with Crippen LogP contribution in [0.15, 0.2) is 47.2 Å². The first-order chi connectivity index (χ1) is 13.6. The summed E-state index contributed by atoms with van der Waals surface area (Å²) in [5.41, 5.74) is 1.62. The second kappa shape index (κ2) is 7.98. The number of carbonyl (C=O) groups is 1. The molecule has 28 heavy (non-hydrogen) atoms. The molecule has 1 fully saturated rings. The molecule has 0 bridgehead atoms. The summed E-state index contributed by atoms with van der Waals surface area (Å²) in [5.74, 6) is 0.374. The van der Waals surface area contributed by atoms with Crippen molar-refractivity contribution in [1.29, 1.82) is 0 Å². The Bertz CT molecular complexity index is 969. The van der Waals surface area contributed by atoms with Gasteiger partial charge in [0, 0.05) is 43.9 Å². The fourth-order valence-corrected chi connectivity index (χ4v) is 3.52. The zero-order valence-corrected chi connectivity index (χ0v) is 16.1. The maximum absolute atomic E-state index is 13.2. The number of halogens is 1. The third-order valence-electron chi connectivity index (χ3n) is 4.75. The Morgan fingerprint density at radius 2 is 1.89 bits per heavy atom. The largest absolute Gasteiger partial charge is 0.460 e. The molecule has 144 valence electrons. The van der Waals surface area contributed by atoms with Gasteiger partial charge in [-0.25, -0.2) is 9.97 Å². The van der Waals surface area contributed by atoms with Crippen LogP contribution in [0.5, 0.6) is 6.01 Å². The highest BCUT2D eigenvalue weighted by Gasteiger charge is 2.30. The van der Waals surface area contributed by atoms with Crippen LogP contribution in [0.2, 0.25) is 5.02 Å². The summed E-state index contributed by atoms with van der Waals surface area (Å²) >= 11 is 6.29. The Morgan fingerprint density at radius 1 is 1.18 bits per heavy atom. The van der Waals surface area contributed by atoms with Crippen LogP contribution in [0, 0.1) is 6.92 Å². The smallest absolute Gasteiger partial charge is 0.316 e. The average Bonchev–Trinajstić information content (AvgIpc) is 3.10. The molecule has 3 aromatic rings. The van der Waals surface area contributed by atoms with Crippen LogP contribution in [0.4, 0.5) is 0 Å². The molecule has 1 aliphatic heterocycles. The topological polar surface area (TPSA) is 81.4 Å². The van der Waals surface area contributed by atoms with Gasteiger partial charge >= 0.3 is 6.01 Å². The van der Waals surface area contributed by atoms with Crippen molar-refractivity contribution in [3.05, 3.63) is 59.1 Å². The number of aryl methyl sites for hydroxylation is 1. The number of rotatable bonds is 4. The first-order valence-corrected chi connectivity index (χ1v) is 9.45. The van der Waals surface area contributed by atoms with E-state index in [1.807, 2.05) is 18.2 Å². The van der Waals surface area contributed by atoms with E-state index in [2.05, 4.69) is 15.1 Å². The lowest BCUT2D eigenvalue weighted by molar-refractivity contribution is 0.0578. The van der Waals surface area contributed by atoms with Crippen LogP contribution in [0.1, 0.15) is 29.0 Å². The summed E-state index contributed by atoms with van der Waals surface area (Å²) in [6.45, 7) is 2.88. The number of piperidine rings is 1. The van der Waals surface area contributed by atoms with Gasteiger partial charge in [-0.05, 0) is 19.1 Å². The van der Waals surface area contributed by atoms with Crippen LogP contribution in [-0.2, 0) is 0 Å². The lowest BCUT2D eigenvalue weighted by Crippen LogP contribution is -2.42. The number of nitrogens with zero attached hydrogens (tertiary/aromatic N) is 4. The molecular weight excluding hydrogens is 380 g/mol. The number of carbonyl (C=O) groups excluding carboxylic acids is 1. The molecule has 0 unspecified atom stereocenters. The number of hydrogen-bond acceptors (Lipinski definition) is 6. The van der Waals surface area contributed by atoms with Gasteiger partial charge in [-0.3, -0.25) is 4.79 Å². The molecule has 0 saturated carbocycles. The van der Waals surface area contributed by atoms with Crippen molar-refractivity contribution in [3.63, 3.8) is 0 Å². The molecule has 4 rings (SSSR count).